The summed E-state index contributed by atoms with van der Waals surface area (Å²) in [4.78, 5) is 12.5. The highest BCUT2D eigenvalue weighted by Gasteiger charge is 2.27. The minimum Gasteiger partial charge on any atom is -0.350 e. The standard InChI is InChI=1S/C20H25ClN2O3S/c1-20(2,3)22-19(24)15-23(14-13-16-7-5-4-6-8-16)27(25,26)18-11-9-17(21)10-12-18/h4-12H,13-15H2,1-3H3,(H,22,24). The van der Waals surface area contributed by atoms with E-state index in [1.54, 1.807) is 0 Å². The van der Waals surface area contributed by atoms with Gasteiger partial charge in [0.1, 0.15) is 0 Å². The number of amides is 1. The van der Waals surface area contributed by atoms with E-state index in [1.165, 1.54) is 28.6 Å². The van der Waals surface area contributed by atoms with Crippen LogP contribution in [0, 0.1) is 0 Å². The maximum atomic E-state index is 13.1. The molecule has 0 aliphatic rings. The number of carbonyl (C=O) groups is 1. The van der Waals surface area contributed by atoms with Crippen molar-refractivity contribution in [1.29, 1.82) is 0 Å². The van der Waals surface area contributed by atoms with Gasteiger partial charge in [-0.05, 0) is 57.0 Å². The average molecular weight is 409 g/mol. The Balaban J connectivity index is 2.24. The summed E-state index contributed by atoms with van der Waals surface area (Å²) < 4.78 is 27.4. The molecule has 0 bridgehead atoms. The quantitative estimate of drug-likeness (QED) is 0.762. The van der Waals surface area contributed by atoms with Crippen LogP contribution in [-0.2, 0) is 21.2 Å². The number of rotatable bonds is 7. The molecule has 0 aliphatic carbocycles. The Morgan fingerprint density at radius 3 is 2.19 bits per heavy atom. The molecule has 0 fully saturated rings. The number of nitrogens with one attached hydrogen (secondary N) is 1. The first-order valence-electron chi connectivity index (χ1n) is 8.68. The number of nitrogens with zero attached hydrogens (tertiary/aromatic N) is 1. The maximum absolute atomic E-state index is 13.1. The molecule has 146 valence electrons. The molecule has 0 aromatic heterocycles. The highest BCUT2D eigenvalue weighted by Crippen LogP contribution is 2.19. The van der Waals surface area contributed by atoms with Crippen molar-refractivity contribution in [3.63, 3.8) is 0 Å². The molecule has 2 rings (SSSR count). The van der Waals surface area contributed by atoms with Crippen LogP contribution in [0.2, 0.25) is 5.02 Å². The van der Waals surface area contributed by atoms with Gasteiger partial charge in [-0.2, -0.15) is 4.31 Å². The topological polar surface area (TPSA) is 66.5 Å². The summed E-state index contributed by atoms with van der Waals surface area (Å²) in [5.41, 5.74) is 0.566. The minimum atomic E-state index is -3.82. The molecule has 0 saturated heterocycles. The lowest BCUT2D eigenvalue weighted by atomic mass is 10.1. The molecule has 1 amide bonds. The molecule has 27 heavy (non-hydrogen) atoms. The summed E-state index contributed by atoms with van der Waals surface area (Å²) in [6.45, 7) is 5.52. The smallest absolute Gasteiger partial charge is 0.243 e. The van der Waals surface area contributed by atoms with Crippen molar-refractivity contribution in [3.8, 4) is 0 Å². The van der Waals surface area contributed by atoms with Crippen LogP contribution >= 0.6 is 11.6 Å². The lowest BCUT2D eigenvalue weighted by Crippen LogP contribution is -2.47. The van der Waals surface area contributed by atoms with E-state index in [0.717, 1.165) is 5.56 Å². The molecule has 0 aliphatic heterocycles. The van der Waals surface area contributed by atoms with Crippen LogP contribution in [0.1, 0.15) is 26.3 Å². The molecular weight excluding hydrogens is 384 g/mol. The van der Waals surface area contributed by atoms with E-state index in [9.17, 15) is 13.2 Å². The number of benzene rings is 2. The molecule has 0 atom stereocenters. The van der Waals surface area contributed by atoms with Crippen LogP contribution in [0.3, 0.4) is 0 Å². The number of sulfonamides is 1. The zero-order valence-electron chi connectivity index (χ0n) is 15.8. The molecule has 1 N–H and O–H groups in total. The second-order valence-corrected chi connectivity index (χ2v) is 9.70. The maximum Gasteiger partial charge on any atom is 0.243 e. The van der Waals surface area contributed by atoms with Gasteiger partial charge in [0.15, 0.2) is 0 Å². The first kappa shape index (κ1) is 21.4. The Bertz CT molecular complexity index is 860. The predicted octanol–water partition coefficient (Wildman–Crippen LogP) is 3.49. The second-order valence-electron chi connectivity index (χ2n) is 7.33. The van der Waals surface area contributed by atoms with Crippen molar-refractivity contribution in [2.75, 3.05) is 13.1 Å². The fraction of sp³-hybridized carbons (Fsp3) is 0.350. The molecular formula is C20H25ClN2O3S. The first-order chi connectivity index (χ1) is 12.6. The van der Waals surface area contributed by atoms with E-state index in [1.807, 2.05) is 51.1 Å². The van der Waals surface area contributed by atoms with Crippen LogP contribution in [-0.4, -0.2) is 37.3 Å². The summed E-state index contributed by atoms with van der Waals surface area (Å²) in [6, 6.07) is 15.5. The fourth-order valence-electron chi connectivity index (χ4n) is 2.56. The molecule has 0 unspecified atom stereocenters. The van der Waals surface area contributed by atoms with E-state index in [0.29, 0.717) is 11.4 Å². The van der Waals surface area contributed by atoms with Crippen LogP contribution in [0.15, 0.2) is 59.5 Å². The van der Waals surface area contributed by atoms with Gasteiger partial charge in [0, 0.05) is 17.1 Å². The second kappa shape index (κ2) is 8.87. The van der Waals surface area contributed by atoms with Gasteiger partial charge in [-0.3, -0.25) is 4.79 Å². The highest BCUT2D eigenvalue weighted by molar-refractivity contribution is 7.89. The molecule has 0 spiro atoms. The Hall–Kier alpha value is -1.89. The molecule has 2 aromatic carbocycles. The molecule has 0 heterocycles. The lowest BCUT2D eigenvalue weighted by molar-refractivity contribution is -0.122. The fourth-order valence-corrected chi connectivity index (χ4v) is 4.08. The van der Waals surface area contributed by atoms with Gasteiger partial charge < -0.3 is 5.32 Å². The van der Waals surface area contributed by atoms with Gasteiger partial charge in [0.05, 0.1) is 11.4 Å². The summed E-state index contributed by atoms with van der Waals surface area (Å²) in [6.07, 6.45) is 0.510. The van der Waals surface area contributed by atoms with Gasteiger partial charge in [-0.25, -0.2) is 8.42 Å². The monoisotopic (exact) mass is 408 g/mol. The Labute approximate surface area is 166 Å². The molecule has 7 heteroatoms. The van der Waals surface area contributed by atoms with Crippen molar-refractivity contribution < 1.29 is 13.2 Å². The third kappa shape index (κ3) is 6.65. The number of hydrogen-bond acceptors (Lipinski definition) is 3. The lowest BCUT2D eigenvalue weighted by Gasteiger charge is -2.25. The van der Waals surface area contributed by atoms with E-state index >= 15 is 0 Å². The average Bonchev–Trinajstić information content (AvgIpc) is 2.58. The van der Waals surface area contributed by atoms with Gasteiger partial charge in [0.25, 0.3) is 0 Å². The van der Waals surface area contributed by atoms with Gasteiger partial charge in [-0.1, -0.05) is 41.9 Å². The zero-order valence-corrected chi connectivity index (χ0v) is 17.3. The van der Waals surface area contributed by atoms with Crippen molar-refractivity contribution in [2.24, 2.45) is 0 Å². The van der Waals surface area contributed by atoms with E-state index in [4.69, 9.17) is 11.6 Å². The van der Waals surface area contributed by atoms with Crippen molar-refractivity contribution in [2.45, 2.75) is 37.6 Å². The van der Waals surface area contributed by atoms with Crippen LogP contribution < -0.4 is 5.32 Å². The Kier molecular flexibility index (Phi) is 7.03. The number of carbonyl (C=O) groups excluding carboxylic acids is 1. The highest BCUT2D eigenvalue weighted by atomic mass is 35.5. The van der Waals surface area contributed by atoms with Crippen molar-refractivity contribution >= 4 is 27.5 Å². The number of halogens is 1. The summed E-state index contributed by atoms with van der Waals surface area (Å²) >= 11 is 5.87. The van der Waals surface area contributed by atoms with Gasteiger partial charge in [0.2, 0.25) is 15.9 Å². The number of hydrogen-bond donors (Lipinski definition) is 1. The van der Waals surface area contributed by atoms with Gasteiger partial charge in [-0.15, -0.1) is 0 Å². The van der Waals surface area contributed by atoms with Gasteiger partial charge >= 0.3 is 0 Å². The summed E-state index contributed by atoms with van der Waals surface area (Å²) in [5.74, 6) is -0.340. The largest absolute Gasteiger partial charge is 0.350 e. The Morgan fingerprint density at radius 1 is 1.04 bits per heavy atom. The minimum absolute atomic E-state index is 0.114. The first-order valence-corrected chi connectivity index (χ1v) is 10.5. The van der Waals surface area contributed by atoms with E-state index in [-0.39, 0.29) is 23.9 Å². The van der Waals surface area contributed by atoms with Crippen LogP contribution in [0.5, 0.6) is 0 Å². The van der Waals surface area contributed by atoms with E-state index in [2.05, 4.69) is 5.32 Å². The third-order valence-electron chi connectivity index (χ3n) is 3.78. The SMILES string of the molecule is CC(C)(C)NC(=O)CN(CCc1ccccc1)S(=O)(=O)c1ccc(Cl)cc1. The predicted molar refractivity (Wildman–Crippen MR) is 108 cm³/mol. The van der Waals surface area contributed by atoms with E-state index < -0.39 is 15.6 Å². The normalized spacial score (nSPS) is 12.2. The van der Waals surface area contributed by atoms with Crippen LogP contribution in [0.4, 0.5) is 0 Å². The molecule has 5 nitrogen and oxygen atoms in total. The Morgan fingerprint density at radius 2 is 1.63 bits per heavy atom. The summed E-state index contributed by atoms with van der Waals surface area (Å²) in [5, 5.41) is 3.27. The van der Waals surface area contributed by atoms with Crippen LogP contribution in [0.25, 0.3) is 0 Å². The van der Waals surface area contributed by atoms with Crippen molar-refractivity contribution in [1.82, 2.24) is 9.62 Å². The van der Waals surface area contributed by atoms with Crippen molar-refractivity contribution in [3.05, 3.63) is 65.2 Å². The summed E-state index contributed by atoms with van der Waals surface area (Å²) in [7, 11) is -3.82. The third-order valence-corrected chi connectivity index (χ3v) is 5.89. The molecule has 2 aromatic rings. The molecule has 0 saturated carbocycles. The zero-order chi connectivity index (χ0) is 20.1. The molecule has 0 radical (unpaired) electrons.